The summed E-state index contributed by atoms with van der Waals surface area (Å²) in [6, 6.07) is 3.62. The highest BCUT2D eigenvalue weighted by Crippen LogP contribution is 2.33. The minimum Gasteiger partial charge on any atom is -0.166 e. The molecule has 1 aromatic carbocycles. The smallest absolute Gasteiger partial charge is 0.166 e. The van der Waals surface area contributed by atoms with Crippen LogP contribution in [0.2, 0.25) is 5.02 Å². The summed E-state index contributed by atoms with van der Waals surface area (Å²) in [7, 11) is 0. The maximum absolute atomic E-state index is 12.3. The van der Waals surface area contributed by atoms with E-state index in [1.165, 1.54) is 12.1 Å². The molecule has 0 heterocycles. The molecule has 0 saturated carbocycles. The van der Waals surface area contributed by atoms with Crippen LogP contribution in [0.25, 0.3) is 0 Å². The zero-order valence-corrected chi connectivity index (χ0v) is 11.7. The van der Waals surface area contributed by atoms with Crippen molar-refractivity contribution in [2.24, 2.45) is 0 Å². The number of hydrogen-bond donors (Lipinski definition) is 0. The molecule has 4 heteroatoms. The van der Waals surface area contributed by atoms with Gasteiger partial charge in [0, 0.05) is 5.02 Å². The molecule has 0 aliphatic heterocycles. The van der Waals surface area contributed by atoms with Crippen LogP contribution >= 0.6 is 11.6 Å². The van der Waals surface area contributed by atoms with Gasteiger partial charge in [-0.05, 0) is 30.2 Å². The number of rotatable bonds is 1. The zero-order valence-electron chi connectivity index (χ0n) is 11.0. The molecule has 0 radical (unpaired) electrons. The molecule has 1 aromatic rings. The van der Waals surface area contributed by atoms with Gasteiger partial charge in [-0.15, -0.1) is 0 Å². The normalized spacial score (nSPS) is 9.71. The van der Waals surface area contributed by atoms with Crippen LogP contribution in [0.4, 0.5) is 13.2 Å². The second kappa shape index (κ2) is 9.34. The molecule has 0 atom stereocenters. The van der Waals surface area contributed by atoms with Crippen molar-refractivity contribution < 1.29 is 13.2 Å². The minimum atomic E-state index is -4.28. The van der Waals surface area contributed by atoms with Gasteiger partial charge in [-0.2, -0.15) is 13.2 Å². The lowest BCUT2D eigenvalue weighted by Gasteiger charge is -2.11. The molecule has 0 fully saturated rings. The number of alkyl halides is 3. The van der Waals surface area contributed by atoms with E-state index in [0.717, 1.165) is 6.07 Å². The van der Waals surface area contributed by atoms with Crippen molar-refractivity contribution in [1.82, 2.24) is 0 Å². The Bertz CT molecular complexity index is 306. The predicted molar refractivity (Wildman–Crippen MR) is 68.5 cm³/mol. The van der Waals surface area contributed by atoms with Gasteiger partial charge in [-0.3, -0.25) is 0 Å². The molecule has 0 nitrogen and oxygen atoms in total. The average molecular weight is 269 g/mol. The van der Waals surface area contributed by atoms with E-state index in [1.807, 2.05) is 27.7 Å². The summed E-state index contributed by atoms with van der Waals surface area (Å²) in [5, 5.41) is 0.338. The van der Waals surface area contributed by atoms with Crippen molar-refractivity contribution in [2.45, 2.75) is 47.2 Å². The number of benzene rings is 1. The van der Waals surface area contributed by atoms with Crippen LogP contribution in [0, 0.1) is 0 Å². The Labute approximate surface area is 107 Å². The molecular weight excluding hydrogens is 249 g/mol. The summed E-state index contributed by atoms with van der Waals surface area (Å²) in [5.41, 5.74) is -0.362. The van der Waals surface area contributed by atoms with E-state index in [-0.39, 0.29) is 5.56 Å². The topological polar surface area (TPSA) is 0 Å². The lowest BCUT2D eigenvalue weighted by molar-refractivity contribution is -0.138. The molecule has 100 valence electrons. The van der Waals surface area contributed by atoms with E-state index in [2.05, 4.69) is 0 Å². The summed E-state index contributed by atoms with van der Waals surface area (Å²) >= 11 is 5.58. The second-order valence-electron chi connectivity index (χ2n) is 2.65. The van der Waals surface area contributed by atoms with Crippen LogP contribution < -0.4 is 0 Å². The standard InChI is InChI=1S/C9H8ClF3.2C2H6/c1-2-6-5-7(10)3-4-8(6)9(11,12)13;2*1-2/h3-5H,2H2,1H3;2*1-2H3. The van der Waals surface area contributed by atoms with Gasteiger partial charge in [0.05, 0.1) is 5.56 Å². The van der Waals surface area contributed by atoms with Crippen molar-refractivity contribution in [3.63, 3.8) is 0 Å². The lowest BCUT2D eigenvalue weighted by Crippen LogP contribution is -2.08. The molecule has 0 unspecified atom stereocenters. The van der Waals surface area contributed by atoms with E-state index in [0.29, 0.717) is 11.4 Å². The van der Waals surface area contributed by atoms with E-state index in [9.17, 15) is 13.2 Å². The zero-order chi connectivity index (χ0) is 14.1. The third kappa shape index (κ3) is 6.57. The first-order chi connectivity index (χ1) is 7.95. The van der Waals surface area contributed by atoms with Crippen LogP contribution in [0.1, 0.15) is 45.7 Å². The molecule has 0 aliphatic rings. The summed E-state index contributed by atoms with van der Waals surface area (Å²) in [6.45, 7) is 9.67. The van der Waals surface area contributed by atoms with Crippen LogP contribution in [0.15, 0.2) is 18.2 Å². The summed E-state index contributed by atoms with van der Waals surface area (Å²) in [4.78, 5) is 0. The van der Waals surface area contributed by atoms with Gasteiger partial charge in [0.15, 0.2) is 0 Å². The highest BCUT2D eigenvalue weighted by Gasteiger charge is 2.32. The van der Waals surface area contributed by atoms with Gasteiger partial charge in [-0.25, -0.2) is 0 Å². The fourth-order valence-corrected chi connectivity index (χ4v) is 1.33. The van der Waals surface area contributed by atoms with Crippen molar-refractivity contribution in [3.8, 4) is 0 Å². The molecule has 0 N–H and O–H groups in total. The Morgan fingerprint density at radius 2 is 1.53 bits per heavy atom. The Morgan fingerprint density at radius 1 is 1.06 bits per heavy atom. The molecule has 0 amide bonds. The fourth-order valence-electron chi connectivity index (χ4n) is 1.13. The van der Waals surface area contributed by atoms with E-state index < -0.39 is 11.7 Å². The Morgan fingerprint density at radius 3 is 1.88 bits per heavy atom. The number of hydrogen-bond acceptors (Lipinski definition) is 0. The van der Waals surface area contributed by atoms with Gasteiger partial charge < -0.3 is 0 Å². The quantitative estimate of drug-likeness (QED) is 0.588. The van der Waals surface area contributed by atoms with E-state index in [1.54, 1.807) is 6.92 Å². The minimum absolute atomic E-state index is 0.236. The first-order valence-electron chi connectivity index (χ1n) is 5.80. The fraction of sp³-hybridized carbons (Fsp3) is 0.538. The van der Waals surface area contributed by atoms with Crippen molar-refractivity contribution >= 4 is 11.6 Å². The molecule has 17 heavy (non-hydrogen) atoms. The maximum Gasteiger partial charge on any atom is 0.416 e. The first-order valence-corrected chi connectivity index (χ1v) is 6.18. The van der Waals surface area contributed by atoms with E-state index in [4.69, 9.17) is 11.6 Å². The van der Waals surface area contributed by atoms with Gasteiger partial charge in [0.25, 0.3) is 0 Å². The molecule has 1 rings (SSSR count). The molecular formula is C13H20ClF3. The molecule has 0 saturated heterocycles. The molecule has 0 bridgehead atoms. The summed E-state index contributed by atoms with van der Waals surface area (Å²) < 4.78 is 37.0. The van der Waals surface area contributed by atoms with E-state index >= 15 is 0 Å². The van der Waals surface area contributed by atoms with Crippen molar-refractivity contribution in [3.05, 3.63) is 34.3 Å². The Balaban J connectivity index is 0. The second-order valence-corrected chi connectivity index (χ2v) is 3.09. The van der Waals surface area contributed by atoms with Gasteiger partial charge in [0.1, 0.15) is 0 Å². The Hall–Kier alpha value is -0.700. The number of halogens is 4. The monoisotopic (exact) mass is 268 g/mol. The maximum atomic E-state index is 12.3. The van der Waals surface area contributed by atoms with Crippen LogP contribution in [0.5, 0.6) is 0 Å². The lowest BCUT2D eigenvalue weighted by atomic mass is 10.1. The van der Waals surface area contributed by atoms with Crippen molar-refractivity contribution in [1.29, 1.82) is 0 Å². The average Bonchev–Trinajstić information content (AvgIpc) is 2.32. The van der Waals surface area contributed by atoms with Gasteiger partial charge >= 0.3 is 6.18 Å². The first kappa shape index (κ1) is 18.7. The predicted octanol–water partition coefficient (Wildman–Crippen LogP) is 5.97. The third-order valence-electron chi connectivity index (χ3n) is 1.75. The highest BCUT2D eigenvalue weighted by atomic mass is 35.5. The Kier molecular flexibility index (Phi) is 10.3. The molecule has 0 aliphatic carbocycles. The largest absolute Gasteiger partial charge is 0.416 e. The SMILES string of the molecule is CC.CC.CCc1cc(Cl)ccc1C(F)(F)F. The summed E-state index contributed by atoms with van der Waals surface area (Å²) in [6.07, 6.45) is -3.95. The van der Waals surface area contributed by atoms with Crippen LogP contribution in [0.3, 0.4) is 0 Å². The van der Waals surface area contributed by atoms with Crippen molar-refractivity contribution in [2.75, 3.05) is 0 Å². The van der Waals surface area contributed by atoms with Gasteiger partial charge in [-0.1, -0.05) is 46.2 Å². The summed E-state index contributed by atoms with van der Waals surface area (Å²) in [5.74, 6) is 0. The third-order valence-corrected chi connectivity index (χ3v) is 1.99. The van der Waals surface area contributed by atoms with Crippen LogP contribution in [-0.2, 0) is 12.6 Å². The molecule has 0 aromatic heterocycles. The molecule has 0 spiro atoms. The highest BCUT2D eigenvalue weighted by molar-refractivity contribution is 6.30. The number of aryl methyl sites for hydroxylation is 1. The van der Waals surface area contributed by atoms with Gasteiger partial charge in [0.2, 0.25) is 0 Å². The van der Waals surface area contributed by atoms with Crippen LogP contribution in [-0.4, -0.2) is 0 Å².